The van der Waals surface area contributed by atoms with E-state index in [1.54, 1.807) is 6.07 Å². The number of alkyl halides is 1. The summed E-state index contributed by atoms with van der Waals surface area (Å²) in [6, 6.07) is 4.08. The lowest BCUT2D eigenvalue weighted by Gasteiger charge is -2.17. The van der Waals surface area contributed by atoms with Crippen molar-refractivity contribution in [2.45, 2.75) is 6.10 Å². The Morgan fingerprint density at radius 2 is 2.20 bits per heavy atom. The Morgan fingerprint density at radius 3 is 2.90 bits per heavy atom. The molecular weight excluding hydrogens is 447 g/mol. The van der Waals surface area contributed by atoms with Gasteiger partial charge in [0.1, 0.15) is 17.1 Å². The summed E-state index contributed by atoms with van der Waals surface area (Å²) < 4.78 is 33.0. The fourth-order valence-electron chi connectivity index (χ4n) is 1.52. The quantitative estimate of drug-likeness (QED) is 0.715. The molecule has 0 aliphatic heterocycles. The first kappa shape index (κ1) is 15.4. The van der Waals surface area contributed by atoms with E-state index in [4.69, 9.17) is 10.5 Å². The van der Waals surface area contributed by atoms with E-state index in [0.717, 1.165) is 0 Å². The zero-order chi connectivity index (χ0) is 14.7. The number of benzene rings is 1. The van der Waals surface area contributed by atoms with E-state index >= 15 is 0 Å². The molecule has 2 rings (SSSR count). The molecule has 0 saturated heterocycles. The number of anilines is 1. The normalized spacial score (nSPS) is 12.2. The highest BCUT2D eigenvalue weighted by molar-refractivity contribution is 14.1. The maximum absolute atomic E-state index is 13.3. The van der Waals surface area contributed by atoms with Gasteiger partial charge in [0.05, 0.1) is 6.20 Å². The van der Waals surface area contributed by atoms with Crippen LogP contribution >= 0.6 is 38.5 Å². The van der Waals surface area contributed by atoms with Crippen molar-refractivity contribution in [1.29, 1.82) is 0 Å². The van der Waals surface area contributed by atoms with Crippen LogP contribution < -0.4 is 10.5 Å². The Morgan fingerprint density at radius 1 is 1.45 bits per heavy atom. The summed E-state index contributed by atoms with van der Waals surface area (Å²) >= 11 is 5.11. The summed E-state index contributed by atoms with van der Waals surface area (Å²) in [5, 5.41) is 0. The first-order valence-corrected chi connectivity index (χ1v) is 7.34. The van der Waals surface area contributed by atoms with Crippen LogP contribution in [0.5, 0.6) is 5.88 Å². The lowest BCUT2D eigenvalue weighted by molar-refractivity contribution is 0.159. The van der Waals surface area contributed by atoms with Gasteiger partial charge >= 0.3 is 0 Å². The van der Waals surface area contributed by atoms with Gasteiger partial charge in [0, 0.05) is 9.13 Å². The van der Waals surface area contributed by atoms with E-state index in [0.29, 0.717) is 13.7 Å². The van der Waals surface area contributed by atoms with Crippen molar-refractivity contribution < 1.29 is 13.5 Å². The Bertz CT molecular complexity index is 630. The van der Waals surface area contributed by atoms with Crippen molar-refractivity contribution in [3.63, 3.8) is 0 Å². The molecule has 0 unspecified atom stereocenters. The fraction of sp³-hybridized carbons (Fsp3) is 0.167. The Hall–Kier alpha value is -1.03. The number of hydrogen-bond donors (Lipinski definition) is 1. The van der Waals surface area contributed by atoms with E-state index in [2.05, 4.69) is 25.9 Å². The SMILES string of the molecule is Nc1ncc(Br)nc1O[C@@H](CF)c1cc(F)ccc1I. The molecule has 2 aromatic rings. The molecule has 0 saturated carbocycles. The zero-order valence-corrected chi connectivity index (χ0v) is 13.7. The molecule has 8 heteroatoms. The van der Waals surface area contributed by atoms with Gasteiger partial charge in [-0.1, -0.05) is 0 Å². The Kier molecular flexibility index (Phi) is 5.08. The second-order valence-electron chi connectivity index (χ2n) is 3.81. The highest BCUT2D eigenvalue weighted by Crippen LogP contribution is 2.28. The second-order valence-corrected chi connectivity index (χ2v) is 5.78. The van der Waals surface area contributed by atoms with Gasteiger partial charge in [-0.3, -0.25) is 0 Å². The molecule has 0 amide bonds. The van der Waals surface area contributed by atoms with Gasteiger partial charge in [0.25, 0.3) is 5.88 Å². The lowest BCUT2D eigenvalue weighted by Crippen LogP contribution is -2.14. The first-order valence-electron chi connectivity index (χ1n) is 5.47. The average molecular weight is 456 g/mol. The number of halogens is 4. The lowest BCUT2D eigenvalue weighted by atomic mass is 10.1. The number of nitrogens with zero attached hydrogens (tertiary/aromatic N) is 2. The summed E-state index contributed by atoms with van der Waals surface area (Å²) in [5.74, 6) is -0.420. The van der Waals surface area contributed by atoms with E-state index in [9.17, 15) is 8.78 Å². The second kappa shape index (κ2) is 6.61. The minimum Gasteiger partial charge on any atom is -0.464 e. The molecule has 4 nitrogen and oxygen atoms in total. The van der Waals surface area contributed by atoms with E-state index in [1.807, 2.05) is 22.6 Å². The van der Waals surface area contributed by atoms with Crippen molar-refractivity contribution in [3.8, 4) is 5.88 Å². The predicted octanol–water partition coefficient (Wildman–Crippen LogP) is 3.65. The van der Waals surface area contributed by atoms with E-state index < -0.39 is 18.6 Å². The largest absolute Gasteiger partial charge is 0.464 e. The Labute approximate surface area is 136 Å². The minimum atomic E-state index is -0.997. The third kappa shape index (κ3) is 3.54. The average Bonchev–Trinajstić information content (AvgIpc) is 2.42. The van der Waals surface area contributed by atoms with Crippen LogP contribution in [0, 0.1) is 9.39 Å². The number of nitrogen functional groups attached to an aromatic ring is 1. The van der Waals surface area contributed by atoms with Crippen molar-refractivity contribution in [2.75, 3.05) is 12.4 Å². The molecule has 2 N–H and O–H groups in total. The summed E-state index contributed by atoms with van der Waals surface area (Å²) in [7, 11) is 0. The van der Waals surface area contributed by atoms with Gasteiger partial charge < -0.3 is 10.5 Å². The first-order chi connectivity index (χ1) is 9.51. The summed E-state index contributed by atoms with van der Waals surface area (Å²) in [4.78, 5) is 7.83. The van der Waals surface area contributed by atoms with Gasteiger partial charge in [-0.15, -0.1) is 0 Å². The van der Waals surface area contributed by atoms with Gasteiger partial charge in [0.15, 0.2) is 11.9 Å². The van der Waals surface area contributed by atoms with Gasteiger partial charge in [-0.05, 0) is 56.7 Å². The third-order valence-electron chi connectivity index (χ3n) is 2.44. The number of ether oxygens (including phenoxy) is 1. The monoisotopic (exact) mass is 455 g/mol. The van der Waals surface area contributed by atoms with Crippen molar-refractivity contribution >= 4 is 44.3 Å². The van der Waals surface area contributed by atoms with Crippen LogP contribution in [0.4, 0.5) is 14.6 Å². The molecule has 1 aromatic heterocycles. The zero-order valence-electron chi connectivity index (χ0n) is 9.99. The fourth-order valence-corrected chi connectivity index (χ4v) is 2.47. The molecule has 1 atom stereocenters. The van der Waals surface area contributed by atoms with Crippen LogP contribution in [0.1, 0.15) is 11.7 Å². The molecule has 0 bridgehead atoms. The molecule has 106 valence electrons. The van der Waals surface area contributed by atoms with Crippen molar-refractivity contribution in [2.24, 2.45) is 0 Å². The van der Waals surface area contributed by atoms with E-state index in [1.165, 1.54) is 18.3 Å². The van der Waals surface area contributed by atoms with Crippen LogP contribution in [0.15, 0.2) is 29.0 Å². The maximum Gasteiger partial charge on any atom is 0.259 e. The van der Waals surface area contributed by atoms with E-state index in [-0.39, 0.29) is 11.7 Å². The minimum absolute atomic E-state index is 0.00193. The van der Waals surface area contributed by atoms with Crippen molar-refractivity contribution in [1.82, 2.24) is 9.97 Å². The standard InChI is InChI=1S/C12H9BrF2IN3O/c13-10-5-18-11(17)12(19-10)20-9(4-14)7-3-6(15)1-2-8(7)16/h1-3,5,9H,4H2,(H2,17,18)/t9-/m0/s1. The van der Waals surface area contributed by atoms with Gasteiger partial charge in [-0.25, -0.2) is 18.7 Å². The number of aromatic nitrogens is 2. The van der Waals surface area contributed by atoms with Crippen LogP contribution in [0.25, 0.3) is 0 Å². The molecule has 0 aliphatic carbocycles. The summed E-state index contributed by atoms with van der Waals surface area (Å²) in [5.41, 5.74) is 6.02. The molecule has 20 heavy (non-hydrogen) atoms. The Balaban J connectivity index is 2.33. The van der Waals surface area contributed by atoms with Gasteiger partial charge in [-0.2, -0.15) is 0 Å². The molecule has 0 fully saturated rings. The molecule has 1 aromatic carbocycles. The molecular formula is C12H9BrF2IN3O. The maximum atomic E-state index is 13.3. The molecule has 0 spiro atoms. The van der Waals surface area contributed by atoms with Crippen molar-refractivity contribution in [3.05, 3.63) is 43.9 Å². The predicted molar refractivity (Wildman–Crippen MR) is 82.6 cm³/mol. The number of rotatable bonds is 4. The summed E-state index contributed by atoms with van der Waals surface area (Å²) in [6.45, 7) is -0.840. The summed E-state index contributed by atoms with van der Waals surface area (Å²) in [6.07, 6.45) is 0.405. The molecule has 0 aliphatic rings. The van der Waals surface area contributed by atoms with Crippen LogP contribution in [-0.2, 0) is 0 Å². The van der Waals surface area contributed by atoms with Crippen LogP contribution in [-0.4, -0.2) is 16.6 Å². The third-order valence-corrected chi connectivity index (χ3v) is 3.80. The van der Waals surface area contributed by atoms with Crippen LogP contribution in [0.3, 0.4) is 0 Å². The van der Waals surface area contributed by atoms with Gasteiger partial charge in [0.2, 0.25) is 0 Å². The number of hydrogen-bond acceptors (Lipinski definition) is 4. The molecule has 0 radical (unpaired) electrons. The smallest absolute Gasteiger partial charge is 0.259 e. The topological polar surface area (TPSA) is 61.0 Å². The number of nitrogens with two attached hydrogens (primary N) is 1. The highest BCUT2D eigenvalue weighted by atomic mass is 127. The van der Waals surface area contributed by atoms with Crippen LogP contribution in [0.2, 0.25) is 0 Å². The molecule has 1 heterocycles. The highest BCUT2D eigenvalue weighted by Gasteiger charge is 2.19.